The zero-order chi connectivity index (χ0) is 13.6. The molecule has 0 heterocycles. The van der Waals surface area contributed by atoms with Gasteiger partial charge in [0, 0.05) is 0 Å². The van der Waals surface area contributed by atoms with Crippen molar-refractivity contribution in [2.24, 2.45) is 11.3 Å². The summed E-state index contributed by atoms with van der Waals surface area (Å²) in [4.78, 5) is 0. The van der Waals surface area contributed by atoms with Gasteiger partial charge in [0.2, 0.25) is 0 Å². The Labute approximate surface area is 115 Å². The van der Waals surface area contributed by atoms with Gasteiger partial charge in [0.15, 0.2) is 0 Å². The molecule has 1 aromatic rings. The number of aliphatic hydroxyl groups excluding tert-OH is 1. The van der Waals surface area contributed by atoms with E-state index >= 15 is 0 Å². The predicted octanol–water partition coefficient (Wildman–Crippen LogP) is 3.75. The van der Waals surface area contributed by atoms with Crippen molar-refractivity contribution < 1.29 is 10.2 Å². The number of fused-ring (bicyclic) bond motifs is 1. The van der Waals surface area contributed by atoms with Gasteiger partial charge in [0.05, 0.1) is 6.10 Å². The predicted molar refractivity (Wildman–Crippen MR) is 76.3 cm³/mol. The number of phenolic OH excluding ortho intramolecular Hbond substituents is 1. The van der Waals surface area contributed by atoms with Crippen LogP contribution in [-0.2, 0) is 0 Å². The molecule has 2 aliphatic rings. The normalized spacial score (nSPS) is 38.2. The fraction of sp³-hybridized carbons (Fsp3) is 0.647. The molecule has 2 fully saturated rings. The zero-order valence-corrected chi connectivity index (χ0v) is 11.9. The number of aryl methyl sites for hydroxylation is 1. The molecule has 104 valence electrons. The quantitative estimate of drug-likeness (QED) is 0.807. The van der Waals surface area contributed by atoms with Crippen LogP contribution >= 0.6 is 0 Å². The first kappa shape index (κ1) is 13.0. The highest BCUT2D eigenvalue weighted by molar-refractivity contribution is 5.36. The lowest BCUT2D eigenvalue weighted by atomic mass is 9.64. The summed E-state index contributed by atoms with van der Waals surface area (Å²) in [6, 6.07) is 5.76. The first-order valence-electron chi connectivity index (χ1n) is 7.48. The molecule has 0 amide bonds. The lowest BCUT2D eigenvalue weighted by Gasteiger charge is -2.42. The molecule has 1 aromatic carbocycles. The molecule has 2 heteroatoms. The van der Waals surface area contributed by atoms with Gasteiger partial charge in [0.25, 0.3) is 0 Å². The molecule has 0 unspecified atom stereocenters. The monoisotopic (exact) mass is 260 g/mol. The van der Waals surface area contributed by atoms with Gasteiger partial charge in [-0.1, -0.05) is 13.0 Å². The Balaban J connectivity index is 1.82. The van der Waals surface area contributed by atoms with Crippen LogP contribution in [0, 0.1) is 18.3 Å². The van der Waals surface area contributed by atoms with E-state index in [-0.39, 0.29) is 11.5 Å². The minimum atomic E-state index is -0.0978. The van der Waals surface area contributed by atoms with Crippen molar-refractivity contribution in [2.45, 2.75) is 58.0 Å². The maximum Gasteiger partial charge on any atom is 0.115 e. The van der Waals surface area contributed by atoms with Gasteiger partial charge in [-0.3, -0.25) is 0 Å². The third-order valence-corrected chi connectivity index (χ3v) is 5.78. The van der Waals surface area contributed by atoms with Gasteiger partial charge in [-0.05, 0) is 79.5 Å². The van der Waals surface area contributed by atoms with Gasteiger partial charge >= 0.3 is 0 Å². The molecule has 0 aliphatic heterocycles. The molecule has 2 saturated carbocycles. The Hall–Kier alpha value is -1.02. The summed E-state index contributed by atoms with van der Waals surface area (Å²) in [5, 5.41) is 19.7. The van der Waals surface area contributed by atoms with E-state index in [1.54, 1.807) is 6.07 Å². The first-order chi connectivity index (χ1) is 9.00. The standard InChI is InChI=1S/C17H24O2/c1-11-9-14(18)4-5-15(11)12-7-8-17(2)13(10-12)3-6-16(17)19/h4-5,9,12-13,16,18-19H,3,6-8,10H2,1-2H3/t12-,13-,16+,17+/m1/s1. The van der Waals surface area contributed by atoms with E-state index < -0.39 is 0 Å². The SMILES string of the molecule is Cc1cc(O)ccc1[C@@H]1CC[C@@]2(C)[C@H](CC[C@@H]2O)C1. The van der Waals surface area contributed by atoms with Crippen LogP contribution in [0.2, 0.25) is 0 Å². The average Bonchev–Trinajstić information content (AvgIpc) is 2.66. The molecule has 0 saturated heterocycles. The molecule has 2 N–H and O–H groups in total. The van der Waals surface area contributed by atoms with E-state index in [4.69, 9.17) is 0 Å². The van der Waals surface area contributed by atoms with Crippen molar-refractivity contribution in [3.63, 3.8) is 0 Å². The Morgan fingerprint density at radius 2 is 2.00 bits per heavy atom. The van der Waals surface area contributed by atoms with Crippen molar-refractivity contribution in [1.29, 1.82) is 0 Å². The fourth-order valence-corrected chi connectivity index (χ4v) is 4.40. The minimum absolute atomic E-state index is 0.0978. The largest absolute Gasteiger partial charge is 0.508 e. The van der Waals surface area contributed by atoms with E-state index in [2.05, 4.69) is 19.9 Å². The van der Waals surface area contributed by atoms with Crippen LogP contribution in [-0.4, -0.2) is 16.3 Å². The molecule has 19 heavy (non-hydrogen) atoms. The van der Waals surface area contributed by atoms with Crippen LogP contribution < -0.4 is 0 Å². The number of hydrogen-bond acceptors (Lipinski definition) is 2. The molecule has 0 bridgehead atoms. The highest BCUT2D eigenvalue weighted by Crippen LogP contribution is 2.55. The highest BCUT2D eigenvalue weighted by Gasteiger charge is 2.48. The van der Waals surface area contributed by atoms with Crippen molar-refractivity contribution in [2.75, 3.05) is 0 Å². The second-order valence-electron chi connectivity index (χ2n) is 6.81. The van der Waals surface area contributed by atoms with Gasteiger partial charge in [-0.25, -0.2) is 0 Å². The number of aliphatic hydroxyl groups is 1. The van der Waals surface area contributed by atoms with Gasteiger partial charge in [-0.2, -0.15) is 0 Å². The zero-order valence-electron chi connectivity index (χ0n) is 11.9. The number of hydrogen-bond donors (Lipinski definition) is 2. The second-order valence-corrected chi connectivity index (χ2v) is 6.81. The molecular formula is C17H24O2. The molecule has 4 atom stereocenters. The second kappa shape index (κ2) is 4.52. The summed E-state index contributed by atoms with van der Waals surface area (Å²) in [7, 11) is 0. The summed E-state index contributed by atoms with van der Waals surface area (Å²) in [5.74, 6) is 1.62. The van der Waals surface area contributed by atoms with Crippen molar-refractivity contribution in [3.8, 4) is 5.75 Å². The molecule has 2 aliphatic carbocycles. The van der Waals surface area contributed by atoms with Gasteiger partial charge in [0.1, 0.15) is 5.75 Å². The van der Waals surface area contributed by atoms with E-state index in [1.165, 1.54) is 24.0 Å². The maximum absolute atomic E-state index is 10.2. The van der Waals surface area contributed by atoms with Crippen LogP contribution in [0.5, 0.6) is 5.75 Å². The van der Waals surface area contributed by atoms with Crippen molar-refractivity contribution in [3.05, 3.63) is 29.3 Å². The highest BCUT2D eigenvalue weighted by atomic mass is 16.3. The van der Waals surface area contributed by atoms with Crippen LogP contribution in [0.15, 0.2) is 18.2 Å². The lowest BCUT2D eigenvalue weighted by molar-refractivity contribution is 0.00867. The lowest BCUT2D eigenvalue weighted by Crippen LogP contribution is -2.37. The Morgan fingerprint density at radius 1 is 1.21 bits per heavy atom. The molecule has 0 radical (unpaired) electrons. The van der Waals surface area contributed by atoms with E-state index in [0.29, 0.717) is 17.6 Å². The topological polar surface area (TPSA) is 40.5 Å². The van der Waals surface area contributed by atoms with Crippen LogP contribution in [0.1, 0.15) is 56.1 Å². The van der Waals surface area contributed by atoms with E-state index in [0.717, 1.165) is 19.3 Å². The number of rotatable bonds is 1. The fourth-order valence-electron chi connectivity index (χ4n) is 4.40. The molecular weight excluding hydrogens is 236 g/mol. The summed E-state index contributed by atoms with van der Waals surface area (Å²) >= 11 is 0. The Kier molecular flexibility index (Phi) is 3.09. The Bertz CT molecular complexity index is 482. The first-order valence-corrected chi connectivity index (χ1v) is 7.48. The van der Waals surface area contributed by atoms with E-state index in [9.17, 15) is 10.2 Å². The van der Waals surface area contributed by atoms with Gasteiger partial charge < -0.3 is 10.2 Å². The number of aromatic hydroxyl groups is 1. The van der Waals surface area contributed by atoms with Crippen molar-refractivity contribution >= 4 is 0 Å². The summed E-state index contributed by atoms with van der Waals surface area (Å²) in [6.45, 7) is 4.36. The van der Waals surface area contributed by atoms with Crippen LogP contribution in [0.4, 0.5) is 0 Å². The summed E-state index contributed by atoms with van der Waals surface area (Å²) in [5.41, 5.74) is 2.75. The molecule has 3 rings (SSSR count). The minimum Gasteiger partial charge on any atom is -0.508 e. The van der Waals surface area contributed by atoms with E-state index in [1.807, 2.05) is 6.07 Å². The third kappa shape index (κ3) is 2.06. The Morgan fingerprint density at radius 3 is 2.74 bits per heavy atom. The molecule has 0 aromatic heterocycles. The number of phenols is 1. The maximum atomic E-state index is 10.2. The van der Waals surface area contributed by atoms with Crippen LogP contribution in [0.25, 0.3) is 0 Å². The molecule has 0 spiro atoms. The third-order valence-electron chi connectivity index (χ3n) is 5.78. The van der Waals surface area contributed by atoms with Crippen LogP contribution in [0.3, 0.4) is 0 Å². The summed E-state index contributed by atoms with van der Waals surface area (Å²) in [6.07, 6.45) is 5.53. The van der Waals surface area contributed by atoms with Crippen molar-refractivity contribution in [1.82, 2.24) is 0 Å². The average molecular weight is 260 g/mol. The smallest absolute Gasteiger partial charge is 0.115 e. The molecule has 2 nitrogen and oxygen atoms in total. The summed E-state index contributed by atoms with van der Waals surface area (Å²) < 4.78 is 0. The van der Waals surface area contributed by atoms with Gasteiger partial charge in [-0.15, -0.1) is 0 Å². The number of benzene rings is 1.